The van der Waals surface area contributed by atoms with Gasteiger partial charge >= 0.3 is 11.9 Å². The van der Waals surface area contributed by atoms with Crippen molar-refractivity contribution in [2.24, 2.45) is 0 Å². The van der Waals surface area contributed by atoms with Crippen LogP contribution in [0.25, 0.3) is 0 Å². The molecule has 0 saturated heterocycles. The van der Waals surface area contributed by atoms with Crippen molar-refractivity contribution in [1.82, 2.24) is 5.06 Å². The van der Waals surface area contributed by atoms with Crippen molar-refractivity contribution in [3.8, 4) is 11.5 Å². The van der Waals surface area contributed by atoms with Crippen LogP contribution in [0.15, 0.2) is 48.5 Å². The van der Waals surface area contributed by atoms with Gasteiger partial charge in [-0.05, 0) is 37.6 Å². The number of ether oxygens (including phenoxy) is 3. The summed E-state index contributed by atoms with van der Waals surface area (Å²) in [5, 5.41) is 1.51. The molecule has 3 rings (SSSR count). The molecule has 2 aromatic rings. The normalized spacial score (nSPS) is 17.9. The second-order valence-electron chi connectivity index (χ2n) is 6.53. The molecule has 7 heteroatoms. The topological polar surface area (TPSA) is 74.3 Å². The number of methoxy groups -OCH3 is 1. The number of nitrogens with zero attached hydrogens (tertiary/aromatic N) is 1. The molecule has 0 bridgehead atoms. The Kier molecular flexibility index (Phi) is 6.39. The molecule has 0 aliphatic carbocycles. The molecular formula is C22H25NO6. The maximum Gasteiger partial charge on any atom is 0.335 e. The monoisotopic (exact) mass is 399 g/mol. The van der Waals surface area contributed by atoms with Crippen LogP contribution in [0.2, 0.25) is 0 Å². The lowest BCUT2D eigenvalue weighted by molar-refractivity contribution is -0.190. The summed E-state index contributed by atoms with van der Waals surface area (Å²) in [5.74, 6) is 0.188. The van der Waals surface area contributed by atoms with Crippen LogP contribution >= 0.6 is 0 Å². The summed E-state index contributed by atoms with van der Waals surface area (Å²) >= 11 is 0. The third-order valence-electron chi connectivity index (χ3n) is 4.77. The van der Waals surface area contributed by atoms with Gasteiger partial charge in [0.05, 0.1) is 33.3 Å². The Bertz CT molecular complexity index is 866. The molecule has 0 amide bonds. The van der Waals surface area contributed by atoms with Crippen LogP contribution in [0.4, 0.5) is 0 Å². The SMILES string of the molecule is CCOC(=O)CC1(C(=O)OCC)c2ccccc2ON1Cc1ccc(OC)cc1. The number of rotatable bonds is 8. The van der Waals surface area contributed by atoms with Crippen molar-refractivity contribution >= 4 is 11.9 Å². The van der Waals surface area contributed by atoms with Gasteiger partial charge in [-0.1, -0.05) is 30.3 Å². The molecule has 1 aliphatic rings. The summed E-state index contributed by atoms with van der Waals surface area (Å²) in [6, 6.07) is 14.6. The fraction of sp³-hybridized carbons (Fsp3) is 0.364. The van der Waals surface area contributed by atoms with E-state index in [1.807, 2.05) is 30.3 Å². The van der Waals surface area contributed by atoms with E-state index in [2.05, 4.69) is 0 Å². The van der Waals surface area contributed by atoms with E-state index < -0.39 is 17.5 Å². The summed E-state index contributed by atoms with van der Waals surface area (Å²) in [4.78, 5) is 31.7. The molecule has 0 saturated carbocycles. The van der Waals surface area contributed by atoms with Crippen LogP contribution in [0.1, 0.15) is 31.4 Å². The van der Waals surface area contributed by atoms with Gasteiger partial charge in [0, 0.05) is 5.56 Å². The van der Waals surface area contributed by atoms with E-state index in [0.29, 0.717) is 11.3 Å². The molecule has 1 atom stereocenters. The van der Waals surface area contributed by atoms with Gasteiger partial charge in [0.25, 0.3) is 0 Å². The fourth-order valence-electron chi connectivity index (χ4n) is 3.42. The average Bonchev–Trinajstić information content (AvgIpc) is 3.03. The summed E-state index contributed by atoms with van der Waals surface area (Å²) in [7, 11) is 1.60. The Balaban J connectivity index is 2.03. The number of hydrogen-bond donors (Lipinski definition) is 0. The molecule has 1 unspecified atom stereocenters. The Morgan fingerprint density at radius 3 is 2.34 bits per heavy atom. The molecule has 29 heavy (non-hydrogen) atoms. The van der Waals surface area contributed by atoms with Gasteiger partial charge in [0.15, 0.2) is 11.3 Å². The molecule has 7 nitrogen and oxygen atoms in total. The molecule has 0 spiro atoms. The molecule has 0 radical (unpaired) electrons. The van der Waals surface area contributed by atoms with Gasteiger partial charge in [-0.15, -0.1) is 5.06 Å². The summed E-state index contributed by atoms with van der Waals surface area (Å²) < 4.78 is 15.7. The maximum absolute atomic E-state index is 13.2. The molecule has 1 heterocycles. The summed E-state index contributed by atoms with van der Waals surface area (Å²) in [5.41, 5.74) is 0.0369. The fourth-order valence-corrected chi connectivity index (χ4v) is 3.42. The predicted molar refractivity (Wildman–Crippen MR) is 105 cm³/mol. The Morgan fingerprint density at radius 1 is 1.00 bits per heavy atom. The number of carbonyl (C=O) groups excluding carboxylic acids is 2. The number of esters is 2. The van der Waals surface area contributed by atoms with Gasteiger partial charge in [-0.2, -0.15) is 0 Å². The first kappa shape index (κ1) is 20.7. The Hall–Kier alpha value is -3.06. The highest BCUT2D eigenvalue weighted by molar-refractivity contribution is 5.89. The minimum absolute atomic E-state index is 0.182. The van der Waals surface area contributed by atoms with Crippen LogP contribution < -0.4 is 9.57 Å². The van der Waals surface area contributed by atoms with Crippen LogP contribution in [-0.2, 0) is 31.1 Å². The molecule has 0 N–H and O–H groups in total. The minimum atomic E-state index is -1.43. The van der Waals surface area contributed by atoms with Gasteiger partial charge in [-0.25, -0.2) is 4.79 Å². The smallest absolute Gasteiger partial charge is 0.335 e. The van der Waals surface area contributed by atoms with Crippen LogP contribution in [-0.4, -0.2) is 37.3 Å². The van der Waals surface area contributed by atoms with E-state index in [1.165, 1.54) is 5.06 Å². The van der Waals surface area contributed by atoms with Gasteiger partial charge in [0.2, 0.25) is 0 Å². The minimum Gasteiger partial charge on any atom is -0.497 e. The van der Waals surface area contributed by atoms with Gasteiger partial charge < -0.3 is 19.0 Å². The highest BCUT2D eigenvalue weighted by atomic mass is 16.7. The van der Waals surface area contributed by atoms with Crippen LogP contribution in [0.5, 0.6) is 11.5 Å². The van der Waals surface area contributed by atoms with E-state index >= 15 is 0 Å². The average molecular weight is 399 g/mol. The number of fused-ring (bicyclic) bond motifs is 1. The number of para-hydroxylation sites is 1. The Labute approximate surface area is 170 Å². The zero-order valence-corrected chi connectivity index (χ0v) is 16.8. The quantitative estimate of drug-likeness (QED) is 0.631. The zero-order chi connectivity index (χ0) is 20.9. The number of benzene rings is 2. The maximum atomic E-state index is 13.2. The second kappa shape index (κ2) is 8.96. The highest BCUT2D eigenvalue weighted by Crippen LogP contribution is 2.46. The van der Waals surface area contributed by atoms with Crippen molar-refractivity contribution in [3.05, 3.63) is 59.7 Å². The van der Waals surface area contributed by atoms with E-state index in [1.54, 1.807) is 39.2 Å². The first-order valence-corrected chi connectivity index (χ1v) is 9.56. The van der Waals surface area contributed by atoms with Crippen molar-refractivity contribution in [2.45, 2.75) is 32.4 Å². The summed E-state index contributed by atoms with van der Waals surface area (Å²) in [6.07, 6.45) is -0.215. The molecular weight excluding hydrogens is 374 g/mol. The third kappa shape index (κ3) is 4.05. The lowest BCUT2D eigenvalue weighted by Crippen LogP contribution is -2.51. The van der Waals surface area contributed by atoms with E-state index in [-0.39, 0.29) is 26.2 Å². The van der Waals surface area contributed by atoms with Crippen molar-refractivity contribution < 1.29 is 28.6 Å². The number of carbonyl (C=O) groups is 2. The largest absolute Gasteiger partial charge is 0.497 e. The van der Waals surface area contributed by atoms with Crippen molar-refractivity contribution in [1.29, 1.82) is 0 Å². The predicted octanol–water partition coefficient (Wildman–Crippen LogP) is 3.22. The molecule has 1 aliphatic heterocycles. The molecule has 0 aromatic heterocycles. The molecule has 2 aromatic carbocycles. The number of hydrogen-bond acceptors (Lipinski definition) is 7. The lowest BCUT2D eigenvalue weighted by Gasteiger charge is -2.33. The second-order valence-corrected chi connectivity index (χ2v) is 6.53. The zero-order valence-electron chi connectivity index (χ0n) is 16.8. The Morgan fingerprint density at radius 2 is 1.69 bits per heavy atom. The number of hydroxylamine groups is 2. The summed E-state index contributed by atoms with van der Waals surface area (Å²) in [6.45, 7) is 4.12. The molecule has 0 fully saturated rings. The van der Waals surface area contributed by atoms with Crippen LogP contribution in [0.3, 0.4) is 0 Å². The first-order chi connectivity index (χ1) is 14.0. The van der Waals surface area contributed by atoms with Crippen molar-refractivity contribution in [2.75, 3.05) is 20.3 Å². The van der Waals surface area contributed by atoms with E-state index in [9.17, 15) is 9.59 Å². The van der Waals surface area contributed by atoms with Crippen LogP contribution in [0, 0.1) is 0 Å². The van der Waals surface area contributed by atoms with E-state index in [0.717, 1.165) is 11.3 Å². The first-order valence-electron chi connectivity index (χ1n) is 9.56. The van der Waals surface area contributed by atoms with E-state index in [4.69, 9.17) is 19.0 Å². The third-order valence-corrected chi connectivity index (χ3v) is 4.77. The standard InChI is InChI=1S/C22H25NO6/c1-4-27-20(24)14-22(21(25)28-5-2)18-8-6-7-9-19(18)29-23(22)15-16-10-12-17(26-3)13-11-16/h6-13H,4-5,14-15H2,1-3H3. The van der Waals surface area contributed by atoms with Gasteiger partial charge in [0.1, 0.15) is 5.75 Å². The lowest BCUT2D eigenvalue weighted by atomic mass is 9.86. The molecule has 154 valence electrons. The van der Waals surface area contributed by atoms with Crippen molar-refractivity contribution in [3.63, 3.8) is 0 Å². The highest BCUT2D eigenvalue weighted by Gasteiger charge is 2.56. The van der Waals surface area contributed by atoms with Gasteiger partial charge in [-0.3, -0.25) is 4.79 Å².